The zero-order valence-corrected chi connectivity index (χ0v) is 10.4. The van der Waals surface area contributed by atoms with Crippen molar-refractivity contribution >= 4 is 11.9 Å². The van der Waals surface area contributed by atoms with Gasteiger partial charge in [-0.2, -0.15) is 0 Å². The highest BCUT2D eigenvalue weighted by Crippen LogP contribution is 2.12. The monoisotopic (exact) mass is 243 g/mol. The summed E-state index contributed by atoms with van der Waals surface area (Å²) in [5.41, 5.74) is 1.26. The van der Waals surface area contributed by atoms with Crippen LogP contribution in [0.4, 0.5) is 5.95 Å². The molecule has 94 valence electrons. The molecule has 0 aliphatic rings. The van der Waals surface area contributed by atoms with Gasteiger partial charge in [0.2, 0.25) is 11.9 Å². The Labute approximate surface area is 106 Å². The van der Waals surface area contributed by atoms with Gasteiger partial charge in [0, 0.05) is 18.8 Å². The summed E-state index contributed by atoms with van der Waals surface area (Å²) in [4.78, 5) is 18.5. The zero-order chi connectivity index (χ0) is 12.8. The van der Waals surface area contributed by atoms with Crippen LogP contribution in [0.15, 0.2) is 42.7 Å². The highest BCUT2D eigenvalue weighted by molar-refractivity contribution is 5.89. The van der Waals surface area contributed by atoms with Crippen molar-refractivity contribution in [3.63, 3.8) is 0 Å². The fourth-order valence-corrected chi connectivity index (χ4v) is 1.92. The molecular weight excluding hydrogens is 226 g/mol. The molecule has 0 spiro atoms. The third-order valence-electron chi connectivity index (χ3n) is 2.72. The maximum Gasteiger partial charge on any atom is 0.226 e. The molecular formula is C14H17N3O. The van der Waals surface area contributed by atoms with Crippen LogP contribution in [0.2, 0.25) is 0 Å². The van der Waals surface area contributed by atoms with E-state index in [4.69, 9.17) is 0 Å². The molecule has 1 heterocycles. The minimum atomic E-state index is -0.00613. The first-order chi connectivity index (χ1) is 8.74. The number of aromatic amines is 1. The quantitative estimate of drug-likeness (QED) is 0.848. The molecule has 0 radical (unpaired) electrons. The fraction of sp³-hybridized carbons (Fsp3) is 0.286. The lowest BCUT2D eigenvalue weighted by molar-refractivity contribution is -0.117. The molecule has 0 fully saturated rings. The lowest BCUT2D eigenvalue weighted by Gasteiger charge is -2.10. The first kappa shape index (κ1) is 12.4. The highest BCUT2D eigenvalue weighted by Gasteiger charge is 2.10. The van der Waals surface area contributed by atoms with Crippen molar-refractivity contribution in [2.24, 2.45) is 5.92 Å². The van der Waals surface area contributed by atoms with Crippen molar-refractivity contribution in [3.8, 4) is 0 Å². The van der Waals surface area contributed by atoms with Crippen molar-refractivity contribution < 1.29 is 4.79 Å². The summed E-state index contributed by atoms with van der Waals surface area (Å²) in [5.74, 6) is 0.808. The van der Waals surface area contributed by atoms with Crippen LogP contribution in [0.3, 0.4) is 0 Å². The summed E-state index contributed by atoms with van der Waals surface area (Å²) in [5, 5.41) is 2.73. The summed E-state index contributed by atoms with van der Waals surface area (Å²) >= 11 is 0. The Morgan fingerprint density at radius 3 is 2.83 bits per heavy atom. The smallest absolute Gasteiger partial charge is 0.226 e. The average molecular weight is 243 g/mol. The van der Waals surface area contributed by atoms with E-state index in [9.17, 15) is 4.79 Å². The van der Waals surface area contributed by atoms with Gasteiger partial charge in [0.15, 0.2) is 0 Å². The number of carbonyl (C=O) groups is 1. The largest absolute Gasteiger partial charge is 0.331 e. The number of nitrogens with zero attached hydrogens (tertiary/aromatic N) is 1. The fourth-order valence-electron chi connectivity index (χ4n) is 1.92. The maximum atomic E-state index is 11.7. The van der Waals surface area contributed by atoms with Crippen molar-refractivity contribution in [1.82, 2.24) is 9.97 Å². The van der Waals surface area contributed by atoms with Crippen LogP contribution in [0.1, 0.15) is 18.9 Å². The van der Waals surface area contributed by atoms with E-state index in [0.29, 0.717) is 18.3 Å². The van der Waals surface area contributed by atoms with E-state index in [1.807, 2.05) is 18.2 Å². The van der Waals surface area contributed by atoms with Gasteiger partial charge in [0.25, 0.3) is 0 Å². The Bertz CT molecular complexity index is 479. The van der Waals surface area contributed by atoms with Crippen LogP contribution in [-0.4, -0.2) is 15.9 Å². The third kappa shape index (κ3) is 3.73. The Morgan fingerprint density at radius 1 is 1.39 bits per heavy atom. The van der Waals surface area contributed by atoms with Gasteiger partial charge in [0.1, 0.15) is 0 Å². The summed E-state index contributed by atoms with van der Waals surface area (Å²) in [6.45, 7) is 2.08. The van der Waals surface area contributed by atoms with Gasteiger partial charge in [0.05, 0.1) is 0 Å². The first-order valence-electron chi connectivity index (χ1n) is 6.07. The number of hydrogen-bond acceptors (Lipinski definition) is 2. The van der Waals surface area contributed by atoms with E-state index in [1.165, 1.54) is 5.56 Å². The Balaban J connectivity index is 1.80. The molecule has 0 saturated carbocycles. The molecule has 4 nitrogen and oxygen atoms in total. The molecule has 1 atom stereocenters. The van der Waals surface area contributed by atoms with Gasteiger partial charge >= 0.3 is 0 Å². The minimum Gasteiger partial charge on any atom is -0.331 e. The molecule has 0 saturated heterocycles. The van der Waals surface area contributed by atoms with E-state index in [1.54, 1.807) is 12.4 Å². The Hall–Kier alpha value is -2.10. The minimum absolute atomic E-state index is 0.00613. The van der Waals surface area contributed by atoms with Crippen molar-refractivity contribution in [2.45, 2.75) is 19.8 Å². The second-order valence-electron chi connectivity index (χ2n) is 4.48. The Kier molecular flexibility index (Phi) is 4.12. The number of hydrogen-bond donors (Lipinski definition) is 2. The van der Waals surface area contributed by atoms with Crippen LogP contribution in [0, 0.1) is 5.92 Å². The topological polar surface area (TPSA) is 57.8 Å². The highest BCUT2D eigenvalue weighted by atomic mass is 16.1. The summed E-state index contributed by atoms with van der Waals surface area (Å²) in [7, 11) is 0. The molecule has 2 aromatic rings. The summed E-state index contributed by atoms with van der Waals surface area (Å²) < 4.78 is 0. The van der Waals surface area contributed by atoms with Gasteiger partial charge < -0.3 is 4.98 Å². The first-order valence-corrected chi connectivity index (χ1v) is 6.07. The summed E-state index contributed by atoms with van der Waals surface area (Å²) in [6.07, 6.45) is 4.70. The number of anilines is 1. The molecule has 0 aliphatic heterocycles. The van der Waals surface area contributed by atoms with E-state index in [0.717, 1.165) is 6.42 Å². The van der Waals surface area contributed by atoms with Gasteiger partial charge in [-0.3, -0.25) is 10.1 Å². The molecule has 4 heteroatoms. The zero-order valence-electron chi connectivity index (χ0n) is 10.4. The SMILES string of the molecule is C[C@H](CC(=O)Nc1ncc[nH]1)Cc1ccccc1. The van der Waals surface area contributed by atoms with Crippen LogP contribution in [0.25, 0.3) is 0 Å². The molecule has 0 unspecified atom stereocenters. The van der Waals surface area contributed by atoms with E-state index < -0.39 is 0 Å². The third-order valence-corrected chi connectivity index (χ3v) is 2.72. The number of rotatable bonds is 5. The molecule has 1 amide bonds. The van der Waals surface area contributed by atoms with E-state index >= 15 is 0 Å². The van der Waals surface area contributed by atoms with Crippen LogP contribution in [-0.2, 0) is 11.2 Å². The molecule has 1 aromatic carbocycles. The second-order valence-corrected chi connectivity index (χ2v) is 4.48. The normalized spacial score (nSPS) is 12.1. The lowest BCUT2D eigenvalue weighted by Crippen LogP contribution is -2.17. The maximum absolute atomic E-state index is 11.7. The predicted molar refractivity (Wildman–Crippen MR) is 71.1 cm³/mol. The summed E-state index contributed by atoms with van der Waals surface area (Å²) in [6, 6.07) is 10.2. The molecule has 1 aromatic heterocycles. The van der Waals surface area contributed by atoms with Gasteiger partial charge in [-0.05, 0) is 17.9 Å². The standard InChI is InChI=1S/C14H17N3O/c1-11(9-12-5-3-2-4-6-12)10-13(18)17-14-15-7-8-16-14/h2-8,11H,9-10H2,1H3,(H2,15,16,17,18)/t11-/m0/s1. The van der Waals surface area contributed by atoms with Gasteiger partial charge in [-0.25, -0.2) is 4.98 Å². The van der Waals surface area contributed by atoms with Crippen molar-refractivity contribution in [1.29, 1.82) is 0 Å². The van der Waals surface area contributed by atoms with Gasteiger partial charge in [-0.1, -0.05) is 37.3 Å². The number of imidazole rings is 1. The van der Waals surface area contributed by atoms with Crippen molar-refractivity contribution in [2.75, 3.05) is 5.32 Å². The van der Waals surface area contributed by atoms with Crippen LogP contribution in [0.5, 0.6) is 0 Å². The number of benzene rings is 1. The predicted octanol–water partition coefficient (Wildman–Crippen LogP) is 2.62. The van der Waals surface area contributed by atoms with E-state index in [2.05, 4.69) is 34.3 Å². The van der Waals surface area contributed by atoms with Crippen LogP contribution < -0.4 is 5.32 Å². The Morgan fingerprint density at radius 2 is 2.17 bits per heavy atom. The molecule has 2 N–H and O–H groups in total. The molecule has 18 heavy (non-hydrogen) atoms. The molecule has 0 bridgehead atoms. The lowest BCUT2D eigenvalue weighted by atomic mass is 9.98. The number of aromatic nitrogens is 2. The number of nitrogens with one attached hydrogen (secondary N) is 2. The number of amides is 1. The van der Waals surface area contributed by atoms with E-state index in [-0.39, 0.29) is 5.91 Å². The van der Waals surface area contributed by atoms with Crippen molar-refractivity contribution in [3.05, 3.63) is 48.3 Å². The average Bonchev–Trinajstić information content (AvgIpc) is 2.82. The van der Waals surface area contributed by atoms with Crippen LogP contribution >= 0.6 is 0 Å². The number of H-pyrrole nitrogens is 1. The second kappa shape index (κ2) is 6.00. The molecule has 0 aliphatic carbocycles. The molecule has 2 rings (SSSR count). The van der Waals surface area contributed by atoms with Gasteiger partial charge in [-0.15, -0.1) is 0 Å². The number of carbonyl (C=O) groups excluding carboxylic acids is 1.